The van der Waals surface area contributed by atoms with Crippen LogP contribution in [0.25, 0.3) is 0 Å². The van der Waals surface area contributed by atoms with Crippen molar-refractivity contribution in [2.75, 3.05) is 13.2 Å². The molecule has 0 unspecified atom stereocenters. The molecule has 0 aliphatic heterocycles. The largest absolute Gasteiger partial charge is 0.481 e. The number of carbonyl (C=O) groups is 1. The maximum absolute atomic E-state index is 11.6. The summed E-state index contributed by atoms with van der Waals surface area (Å²) in [4.78, 5) is 11.6. The Kier molecular flexibility index (Phi) is 7.41. The molecule has 4 nitrogen and oxygen atoms in total. The van der Waals surface area contributed by atoms with Gasteiger partial charge in [0.05, 0.1) is 8.95 Å². The van der Waals surface area contributed by atoms with Gasteiger partial charge in [-0.25, -0.2) is 0 Å². The second-order valence-electron chi connectivity index (χ2n) is 4.08. The fraction of sp³-hybridized carbons (Fsp3) is 0.462. The lowest BCUT2D eigenvalue weighted by Gasteiger charge is -2.11. The number of halogens is 2. The average molecular weight is 394 g/mol. The summed E-state index contributed by atoms with van der Waals surface area (Å²) in [6.45, 7) is 3.22. The van der Waals surface area contributed by atoms with Gasteiger partial charge >= 0.3 is 0 Å². The number of unbranched alkanes of at least 4 members (excludes halogenated alkanes) is 1. The molecule has 19 heavy (non-hydrogen) atoms. The zero-order valence-electron chi connectivity index (χ0n) is 10.8. The maximum Gasteiger partial charge on any atom is 0.257 e. The number of carbonyl (C=O) groups excluding carboxylic acids is 1. The molecule has 0 atom stereocenters. The fourth-order valence-corrected chi connectivity index (χ4v) is 2.97. The summed E-state index contributed by atoms with van der Waals surface area (Å²) in [5.41, 5.74) is 6.57. The zero-order valence-corrected chi connectivity index (χ0v) is 14.0. The topological polar surface area (TPSA) is 64.3 Å². The lowest BCUT2D eigenvalue weighted by molar-refractivity contribution is -0.123. The molecule has 1 rings (SSSR count). The zero-order chi connectivity index (χ0) is 14.3. The molecule has 0 saturated carbocycles. The van der Waals surface area contributed by atoms with Gasteiger partial charge in [0.2, 0.25) is 0 Å². The van der Waals surface area contributed by atoms with E-state index in [1.54, 1.807) is 0 Å². The highest BCUT2D eigenvalue weighted by molar-refractivity contribution is 9.11. The third-order valence-electron chi connectivity index (χ3n) is 2.49. The number of nitrogens with two attached hydrogens (primary N) is 1. The molecule has 106 valence electrons. The summed E-state index contributed by atoms with van der Waals surface area (Å²) < 4.78 is 7.08. The molecule has 0 spiro atoms. The van der Waals surface area contributed by atoms with Gasteiger partial charge < -0.3 is 15.8 Å². The summed E-state index contributed by atoms with van der Waals surface area (Å²) >= 11 is 6.82. The van der Waals surface area contributed by atoms with Gasteiger partial charge in [-0.3, -0.25) is 4.79 Å². The molecule has 0 saturated heterocycles. The molecule has 0 radical (unpaired) electrons. The van der Waals surface area contributed by atoms with Gasteiger partial charge in [-0.2, -0.15) is 0 Å². The molecular formula is C13H18Br2N2O2. The highest BCUT2D eigenvalue weighted by atomic mass is 79.9. The second-order valence-corrected chi connectivity index (χ2v) is 5.79. The van der Waals surface area contributed by atoms with Crippen molar-refractivity contribution in [3.05, 3.63) is 26.6 Å². The van der Waals surface area contributed by atoms with Gasteiger partial charge in [-0.1, -0.05) is 13.3 Å². The minimum atomic E-state index is -0.116. The monoisotopic (exact) mass is 392 g/mol. The summed E-state index contributed by atoms with van der Waals surface area (Å²) in [6.07, 6.45) is 2.03. The van der Waals surface area contributed by atoms with Crippen LogP contribution < -0.4 is 15.8 Å². The van der Waals surface area contributed by atoms with Crippen LogP contribution in [0, 0.1) is 0 Å². The molecule has 0 aliphatic carbocycles. The van der Waals surface area contributed by atoms with Crippen molar-refractivity contribution in [2.45, 2.75) is 26.3 Å². The number of benzene rings is 1. The Bertz CT molecular complexity index is 416. The van der Waals surface area contributed by atoms with E-state index in [1.807, 2.05) is 12.1 Å². The average Bonchev–Trinajstić information content (AvgIpc) is 2.37. The molecule has 6 heteroatoms. The quantitative estimate of drug-likeness (QED) is 0.700. The van der Waals surface area contributed by atoms with Crippen LogP contribution in [0.4, 0.5) is 0 Å². The lowest BCUT2D eigenvalue weighted by Crippen LogP contribution is -2.29. The van der Waals surface area contributed by atoms with Crippen LogP contribution in [0.3, 0.4) is 0 Å². The lowest BCUT2D eigenvalue weighted by atomic mass is 10.2. The highest BCUT2D eigenvalue weighted by Crippen LogP contribution is 2.34. The number of amides is 1. The van der Waals surface area contributed by atoms with Gasteiger partial charge in [-0.15, -0.1) is 0 Å². The minimum Gasteiger partial charge on any atom is -0.481 e. The molecule has 1 aromatic rings. The van der Waals surface area contributed by atoms with Crippen LogP contribution in [0.15, 0.2) is 21.1 Å². The summed E-state index contributed by atoms with van der Waals surface area (Å²) in [7, 11) is 0. The van der Waals surface area contributed by atoms with E-state index in [0.717, 1.165) is 27.4 Å². The Morgan fingerprint density at radius 1 is 1.37 bits per heavy atom. The maximum atomic E-state index is 11.6. The Morgan fingerprint density at radius 2 is 2.00 bits per heavy atom. The summed E-state index contributed by atoms with van der Waals surface area (Å²) in [6, 6.07) is 3.77. The molecule has 0 bridgehead atoms. The molecule has 0 aliphatic rings. The first-order valence-corrected chi connectivity index (χ1v) is 7.74. The third-order valence-corrected chi connectivity index (χ3v) is 3.67. The van der Waals surface area contributed by atoms with E-state index >= 15 is 0 Å². The molecule has 3 N–H and O–H groups in total. The van der Waals surface area contributed by atoms with Crippen LogP contribution in [0.1, 0.15) is 25.3 Å². The summed E-state index contributed by atoms with van der Waals surface area (Å²) in [5.74, 6) is 0.498. The van der Waals surface area contributed by atoms with E-state index in [-0.39, 0.29) is 12.5 Å². The van der Waals surface area contributed by atoms with E-state index in [2.05, 4.69) is 44.1 Å². The van der Waals surface area contributed by atoms with Crippen molar-refractivity contribution in [3.8, 4) is 5.75 Å². The highest BCUT2D eigenvalue weighted by Gasteiger charge is 2.10. The number of rotatable bonds is 7. The van der Waals surface area contributed by atoms with E-state index < -0.39 is 0 Å². The van der Waals surface area contributed by atoms with E-state index in [9.17, 15) is 4.79 Å². The minimum absolute atomic E-state index is 0.00286. The SMILES string of the molecule is CCCCNC(=O)COc1c(Br)cc(CN)cc1Br. The van der Waals surface area contributed by atoms with Crippen molar-refractivity contribution in [1.82, 2.24) is 5.32 Å². The van der Waals surface area contributed by atoms with Crippen LogP contribution >= 0.6 is 31.9 Å². The van der Waals surface area contributed by atoms with Gasteiger partial charge in [0.1, 0.15) is 5.75 Å². The predicted octanol–water partition coefficient (Wildman–Crippen LogP) is 2.97. The molecule has 1 aromatic carbocycles. The molecule has 0 aromatic heterocycles. The van der Waals surface area contributed by atoms with Gasteiger partial charge in [0.15, 0.2) is 6.61 Å². The van der Waals surface area contributed by atoms with E-state index in [4.69, 9.17) is 10.5 Å². The number of ether oxygens (including phenoxy) is 1. The fourth-order valence-electron chi connectivity index (χ4n) is 1.46. The van der Waals surface area contributed by atoms with Crippen LogP contribution in [0.2, 0.25) is 0 Å². The normalized spacial score (nSPS) is 10.3. The third kappa shape index (κ3) is 5.50. The van der Waals surface area contributed by atoms with Gasteiger partial charge in [-0.05, 0) is 56.0 Å². The molecule has 1 amide bonds. The Labute approximate surface area is 130 Å². The van der Waals surface area contributed by atoms with Crippen molar-refractivity contribution in [2.24, 2.45) is 5.73 Å². The van der Waals surface area contributed by atoms with Crippen LogP contribution in [-0.2, 0) is 11.3 Å². The number of hydrogen-bond donors (Lipinski definition) is 2. The summed E-state index contributed by atoms with van der Waals surface area (Å²) in [5, 5.41) is 2.80. The van der Waals surface area contributed by atoms with Crippen molar-refractivity contribution in [1.29, 1.82) is 0 Å². The standard InChI is InChI=1S/C13H18Br2N2O2/c1-2-3-4-17-12(18)8-19-13-10(14)5-9(7-16)6-11(13)15/h5-6H,2-4,7-8,16H2,1H3,(H,17,18). The number of hydrogen-bond acceptors (Lipinski definition) is 3. The van der Waals surface area contributed by atoms with Crippen LogP contribution in [0.5, 0.6) is 5.75 Å². The Hall–Kier alpha value is -0.590. The Balaban J connectivity index is 2.55. The first kappa shape index (κ1) is 16.5. The molecule has 0 heterocycles. The van der Waals surface area contributed by atoms with E-state index in [1.165, 1.54) is 0 Å². The second kappa shape index (κ2) is 8.55. The number of nitrogens with one attached hydrogen (secondary N) is 1. The smallest absolute Gasteiger partial charge is 0.257 e. The van der Waals surface area contributed by atoms with Gasteiger partial charge in [0.25, 0.3) is 5.91 Å². The first-order valence-electron chi connectivity index (χ1n) is 6.16. The van der Waals surface area contributed by atoms with E-state index in [0.29, 0.717) is 18.8 Å². The van der Waals surface area contributed by atoms with Crippen molar-refractivity contribution < 1.29 is 9.53 Å². The Morgan fingerprint density at radius 3 is 2.53 bits per heavy atom. The predicted molar refractivity (Wildman–Crippen MR) is 83.1 cm³/mol. The van der Waals surface area contributed by atoms with Gasteiger partial charge in [0, 0.05) is 13.1 Å². The molecule has 0 fully saturated rings. The first-order chi connectivity index (χ1) is 9.08. The van der Waals surface area contributed by atoms with Crippen molar-refractivity contribution in [3.63, 3.8) is 0 Å². The molecular weight excluding hydrogens is 376 g/mol. The van der Waals surface area contributed by atoms with Crippen molar-refractivity contribution >= 4 is 37.8 Å². The van der Waals surface area contributed by atoms with Crippen LogP contribution in [-0.4, -0.2) is 19.1 Å².